The van der Waals surface area contributed by atoms with Crippen LogP contribution in [0.15, 0.2) is 12.1 Å². The first kappa shape index (κ1) is 18.5. The van der Waals surface area contributed by atoms with Crippen molar-refractivity contribution in [3.05, 3.63) is 28.0 Å². The van der Waals surface area contributed by atoms with Gasteiger partial charge in [0.25, 0.3) is 5.91 Å². The first-order chi connectivity index (χ1) is 11.6. The highest BCUT2D eigenvalue weighted by Gasteiger charge is 2.50. The summed E-state index contributed by atoms with van der Waals surface area (Å²) in [4.78, 5) is 30.5. The highest BCUT2D eigenvalue weighted by Crippen LogP contribution is 2.52. The van der Waals surface area contributed by atoms with Crippen molar-refractivity contribution in [2.75, 3.05) is 13.2 Å². The molecule has 25 heavy (non-hydrogen) atoms. The molecule has 1 aromatic heterocycles. The molecular formula is C18H22Cl2N2O3. The van der Waals surface area contributed by atoms with Crippen LogP contribution in [-0.2, 0) is 9.53 Å². The minimum absolute atomic E-state index is 0.0739. The van der Waals surface area contributed by atoms with Gasteiger partial charge >= 0.3 is 5.97 Å². The summed E-state index contributed by atoms with van der Waals surface area (Å²) in [6, 6.07) is 3.17. The summed E-state index contributed by atoms with van der Waals surface area (Å²) in [5.74, 6) is -0.910. The Bertz CT molecular complexity index is 722. The second-order valence-corrected chi connectivity index (χ2v) is 9.07. The molecule has 7 heteroatoms. The van der Waals surface area contributed by atoms with Crippen LogP contribution in [0.5, 0.6) is 0 Å². The summed E-state index contributed by atoms with van der Waals surface area (Å²) in [5, 5.41) is 0.291. The fourth-order valence-electron chi connectivity index (χ4n) is 4.59. The number of halogens is 2. The van der Waals surface area contributed by atoms with Crippen molar-refractivity contribution in [1.82, 2.24) is 9.88 Å². The Kier molecular flexibility index (Phi) is 4.75. The third kappa shape index (κ3) is 3.93. The third-order valence-electron chi connectivity index (χ3n) is 5.07. The summed E-state index contributed by atoms with van der Waals surface area (Å²) in [6.45, 7) is 7.14. The first-order valence-electron chi connectivity index (χ1n) is 8.37. The molecular weight excluding hydrogens is 363 g/mol. The van der Waals surface area contributed by atoms with Crippen LogP contribution in [0.25, 0.3) is 0 Å². The second-order valence-electron chi connectivity index (χ2n) is 8.28. The summed E-state index contributed by atoms with van der Waals surface area (Å²) in [7, 11) is 0. The molecule has 0 aromatic carbocycles. The molecule has 0 N–H and O–H groups in total. The standard InChI is InChI=1S/C18H22Cl2N2O3/c1-17(2)6-11-7-18(3,9-17)10-22(11)14(23)8-25-16(24)15-12(19)4-5-13(20)21-15/h4-5,11H,6-10H2,1-3H3/t11-,18-/m1/s1. The molecule has 1 saturated heterocycles. The first-order valence-corrected chi connectivity index (χ1v) is 9.13. The van der Waals surface area contributed by atoms with E-state index in [4.69, 9.17) is 27.9 Å². The number of carbonyl (C=O) groups is 2. The monoisotopic (exact) mass is 384 g/mol. The topological polar surface area (TPSA) is 59.5 Å². The number of hydrogen-bond acceptors (Lipinski definition) is 4. The Morgan fingerprint density at radius 3 is 2.72 bits per heavy atom. The van der Waals surface area contributed by atoms with E-state index in [1.165, 1.54) is 12.1 Å². The van der Waals surface area contributed by atoms with Crippen LogP contribution in [0.4, 0.5) is 0 Å². The zero-order chi connectivity index (χ0) is 18.4. The number of hydrogen-bond donors (Lipinski definition) is 0. The largest absolute Gasteiger partial charge is 0.451 e. The SMILES string of the molecule is CC1(C)C[C@@H]2C[C@@](C)(CN2C(=O)COC(=O)c2nc(Cl)ccc2Cl)C1. The molecule has 1 aliphatic heterocycles. The molecule has 5 nitrogen and oxygen atoms in total. The van der Waals surface area contributed by atoms with Crippen LogP contribution in [0.1, 0.15) is 50.5 Å². The number of aromatic nitrogens is 1. The molecule has 2 aliphatic rings. The van der Waals surface area contributed by atoms with Gasteiger partial charge < -0.3 is 9.64 Å². The molecule has 2 bridgehead atoms. The van der Waals surface area contributed by atoms with Crippen LogP contribution in [-0.4, -0.2) is 41.0 Å². The number of likely N-dealkylation sites (tertiary alicyclic amines) is 1. The van der Waals surface area contributed by atoms with Crippen LogP contribution in [0.3, 0.4) is 0 Å². The summed E-state index contributed by atoms with van der Waals surface area (Å²) in [6.07, 6.45) is 3.09. The molecule has 2 heterocycles. The lowest BCUT2D eigenvalue weighted by molar-refractivity contribution is -0.135. The quantitative estimate of drug-likeness (QED) is 0.584. The van der Waals surface area contributed by atoms with Crippen molar-refractivity contribution in [2.45, 2.75) is 46.1 Å². The van der Waals surface area contributed by atoms with E-state index in [1.54, 1.807) is 0 Å². The Balaban J connectivity index is 1.64. The van der Waals surface area contributed by atoms with Crippen molar-refractivity contribution >= 4 is 35.1 Å². The summed E-state index contributed by atoms with van der Waals surface area (Å²) < 4.78 is 5.14. The molecule has 2 atom stereocenters. The molecule has 136 valence electrons. The average molecular weight is 385 g/mol. The maximum absolute atomic E-state index is 12.6. The average Bonchev–Trinajstić information content (AvgIpc) is 2.76. The van der Waals surface area contributed by atoms with E-state index >= 15 is 0 Å². The van der Waals surface area contributed by atoms with Gasteiger partial charge in [0, 0.05) is 12.6 Å². The Labute approximate surface area is 157 Å². The van der Waals surface area contributed by atoms with Gasteiger partial charge in [-0.2, -0.15) is 0 Å². The number of amides is 1. The molecule has 1 amide bonds. The summed E-state index contributed by atoms with van der Waals surface area (Å²) >= 11 is 11.7. The minimum atomic E-state index is -0.741. The molecule has 1 aliphatic carbocycles. The molecule has 1 saturated carbocycles. The smallest absolute Gasteiger partial charge is 0.359 e. The highest BCUT2D eigenvalue weighted by molar-refractivity contribution is 6.34. The molecule has 2 fully saturated rings. The zero-order valence-electron chi connectivity index (χ0n) is 14.6. The number of ether oxygens (including phenoxy) is 1. The highest BCUT2D eigenvalue weighted by atomic mass is 35.5. The van der Waals surface area contributed by atoms with E-state index in [2.05, 4.69) is 25.8 Å². The lowest BCUT2D eigenvalue weighted by Gasteiger charge is -2.39. The van der Waals surface area contributed by atoms with Crippen molar-refractivity contribution < 1.29 is 14.3 Å². The predicted octanol–water partition coefficient (Wildman–Crippen LogP) is 3.97. The number of esters is 1. The number of pyridine rings is 1. The van der Waals surface area contributed by atoms with Gasteiger partial charge in [-0.1, -0.05) is 44.0 Å². The van der Waals surface area contributed by atoms with Gasteiger partial charge in [-0.15, -0.1) is 0 Å². The van der Waals surface area contributed by atoms with Gasteiger partial charge in [-0.05, 0) is 42.2 Å². The molecule has 3 rings (SSSR count). The van der Waals surface area contributed by atoms with Crippen LogP contribution in [0, 0.1) is 10.8 Å². The molecule has 0 radical (unpaired) electrons. The third-order valence-corrected chi connectivity index (χ3v) is 5.58. The van der Waals surface area contributed by atoms with Crippen LogP contribution < -0.4 is 0 Å². The predicted molar refractivity (Wildman–Crippen MR) is 95.8 cm³/mol. The maximum atomic E-state index is 12.6. The number of rotatable bonds is 3. The van der Waals surface area contributed by atoms with E-state index in [1.807, 2.05) is 4.90 Å². The fourth-order valence-corrected chi connectivity index (χ4v) is 4.92. The zero-order valence-corrected chi connectivity index (χ0v) is 16.2. The van der Waals surface area contributed by atoms with Gasteiger partial charge in [-0.3, -0.25) is 4.79 Å². The molecule has 1 aromatic rings. The minimum Gasteiger partial charge on any atom is -0.451 e. The van der Waals surface area contributed by atoms with E-state index < -0.39 is 5.97 Å². The van der Waals surface area contributed by atoms with Crippen LogP contribution >= 0.6 is 23.2 Å². The normalized spacial score (nSPS) is 27.2. The fraction of sp³-hybridized carbons (Fsp3) is 0.611. The Morgan fingerprint density at radius 1 is 1.28 bits per heavy atom. The number of nitrogens with zero attached hydrogens (tertiary/aromatic N) is 2. The Hall–Kier alpha value is -1.33. The van der Waals surface area contributed by atoms with Crippen molar-refractivity contribution in [1.29, 1.82) is 0 Å². The van der Waals surface area contributed by atoms with Gasteiger partial charge in [-0.25, -0.2) is 9.78 Å². The molecule has 0 spiro atoms. The number of fused-ring (bicyclic) bond motifs is 2. The van der Waals surface area contributed by atoms with Gasteiger partial charge in [0.15, 0.2) is 12.3 Å². The van der Waals surface area contributed by atoms with E-state index in [-0.39, 0.29) is 45.3 Å². The van der Waals surface area contributed by atoms with E-state index in [9.17, 15) is 9.59 Å². The van der Waals surface area contributed by atoms with E-state index in [0.717, 1.165) is 19.3 Å². The second kappa shape index (κ2) is 6.44. The summed E-state index contributed by atoms with van der Waals surface area (Å²) in [5.41, 5.74) is 0.293. The lowest BCUT2D eigenvalue weighted by Crippen LogP contribution is -2.39. The number of carbonyl (C=O) groups excluding carboxylic acids is 2. The maximum Gasteiger partial charge on any atom is 0.359 e. The van der Waals surface area contributed by atoms with Crippen molar-refractivity contribution in [3.8, 4) is 0 Å². The van der Waals surface area contributed by atoms with Gasteiger partial charge in [0.2, 0.25) is 0 Å². The van der Waals surface area contributed by atoms with E-state index in [0.29, 0.717) is 6.54 Å². The lowest BCUT2D eigenvalue weighted by atomic mass is 9.65. The van der Waals surface area contributed by atoms with Crippen LogP contribution in [0.2, 0.25) is 10.2 Å². The Morgan fingerprint density at radius 2 is 2.00 bits per heavy atom. The van der Waals surface area contributed by atoms with Crippen molar-refractivity contribution in [2.24, 2.45) is 10.8 Å². The van der Waals surface area contributed by atoms with Crippen molar-refractivity contribution in [3.63, 3.8) is 0 Å². The van der Waals surface area contributed by atoms with Gasteiger partial charge in [0.05, 0.1) is 5.02 Å². The van der Waals surface area contributed by atoms with Gasteiger partial charge in [0.1, 0.15) is 5.15 Å². The molecule has 0 unspecified atom stereocenters.